The number of sulfonamides is 1. The first-order valence-electron chi connectivity index (χ1n) is 12.4. The van der Waals surface area contributed by atoms with Crippen molar-refractivity contribution in [3.63, 3.8) is 0 Å². The maximum absolute atomic E-state index is 13.3. The first-order chi connectivity index (χ1) is 19.3. The zero-order valence-electron chi connectivity index (χ0n) is 21.9. The molecule has 2 aromatic carbocycles. The number of alkyl halides is 3. The Morgan fingerprint density at radius 1 is 1.12 bits per heavy atom. The van der Waals surface area contributed by atoms with E-state index in [0.717, 1.165) is 22.3 Å². The summed E-state index contributed by atoms with van der Waals surface area (Å²) >= 11 is 5.98. The van der Waals surface area contributed by atoms with E-state index in [0.29, 0.717) is 28.9 Å². The highest BCUT2D eigenvalue weighted by molar-refractivity contribution is 7.88. The molecule has 4 rings (SSSR count). The Balaban J connectivity index is 1.76. The minimum atomic E-state index is -4.91. The number of fused-ring (bicyclic) bond motifs is 1. The van der Waals surface area contributed by atoms with Gasteiger partial charge in [-0.2, -0.15) is 4.99 Å². The number of hydrogen-bond acceptors (Lipinski definition) is 7. The van der Waals surface area contributed by atoms with Crippen LogP contribution in [0.5, 0.6) is 11.5 Å². The van der Waals surface area contributed by atoms with Crippen LogP contribution in [0.4, 0.5) is 19.0 Å². The molecule has 0 saturated carbocycles. The molecule has 220 valence electrons. The maximum Gasteiger partial charge on any atom is 0.573 e. The Kier molecular flexibility index (Phi) is 8.94. The summed E-state index contributed by atoms with van der Waals surface area (Å²) in [4.78, 5) is 30.8. The Labute approximate surface area is 238 Å². The predicted octanol–water partition coefficient (Wildman–Crippen LogP) is 3.91. The summed E-state index contributed by atoms with van der Waals surface area (Å²) in [5.41, 5.74) is -0.634. The molecule has 0 fully saturated rings. The topological polar surface area (TPSA) is 121 Å². The van der Waals surface area contributed by atoms with Crippen molar-refractivity contribution in [2.75, 3.05) is 7.05 Å². The van der Waals surface area contributed by atoms with Crippen LogP contribution in [-0.4, -0.2) is 36.9 Å². The second-order valence-corrected chi connectivity index (χ2v) is 11.6. The minimum absolute atomic E-state index is 0.00361. The van der Waals surface area contributed by atoms with Gasteiger partial charge in [0.25, 0.3) is 5.56 Å². The van der Waals surface area contributed by atoms with Gasteiger partial charge < -0.3 is 9.47 Å². The van der Waals surface area contributed by atoms with Crippen LogP contribution in [-0.2, 0) is 35.8 Å². The number of benzene rings is 2. The van der Waals surface area contributed by atoms with E-state index in [1.165, 1.54) is 26.2 Å². The number of nitrogens with zero attached hydrogens (tertiary/aromatic N) is 3. The molecule has 15 heteroatoms. The van der Waals surface area contributed by atoms with Crippen LogP contribution >= 0.6 is 11.6 Å². The van der Waals surface area contributed by atoms with Crippen LogP contribution in [0.1, 0.15) is 24.0 Å². The van der Waals surface area contributed by atoms with E-state index in [9.17, 15) is 31.2 Å². The minimum Gasteiger partial charge on any atom is -0.442 e. The largest absolute Gasteiger partial charge is 0.573 e. The highest BCUT2D eigenvalue weighted by Crippen LogP contribution is 2.31. The van der Waals surface area contributed by atoms with E-state index in [1.54, 1.807) is 12.1 Å². The fourth-order valence-electron chi connectivity index (χ4n) is 4.39. The van der Waals surface area contributed by atoms with Crippen LogP contribution in [0, 0.1) is 5.92 Å². The predicted molar refractivity (Wildman–Crippen MR) is 146 cm³/mol. The average Bonchev–Trinajstić information content (AvgIpc) is 3.08. The number of hydrogen-bond donors (Lipinski definition) is 1. The van der Waals surface area contributed by atoms with Crippen molar-refractivity contribution in [2.24, 2.45) is 18.0 Å². The SMILES string of the molecule is CNS(=O)(=O)Cn1c(=O)c2c(n(C)c1=O)N=C(Oc1cccc(OC(F)(F)F)c1)C(CCc1ccc(Cl)cc1)CC2. The second kappa shape index (κ2) is 12.1. The van der Waals surface area contributed by atoms with Gasteiger partial charge in [0, 0.05) is 24.1 Å². The third kappa shape index (κ3) is 7.57. The smallest absolute Gasteiger partial charge is 0.442 e. The van der Waals surface area contributed by atoms with Crippen LogP contribution in [0.2, 0.25) is 5.02 Å². The van der Waals surface area contributed by atoms with E-state index in [-0.39, 0.29) is 29.4 Å². The second-order valence-electron chi connectivity index (χ2n) is 9.30. The lowest BCUT2D eigenvalue weighted by atomic mass is 9.94. The Bertz CT molecular complexity index is 1690. The lowest BCUT2D eigenvalue weighted by Gasteiger charge is -2.18. The van der Waals surface area contributed by atoms with Crippen molar-refractivity contribution in [1.29, 1.82) is 0 Å². The molecule has 1 aliphatic heterocycles. The summed E-state index contributed by atoms with van der Waals surface area (Å²) in [6.45, 7) is 0. The number of aliphatic imine (C=N–C) groups is 1. The van der Waals surface area contributed by atoms with Crippen molar-refractivity contribution < 1.29 is 31.1 Å². The number of halogens is 4. The lowest BCUT2D eigenvalue weighted by molar-refractivity contribution is -0.274. The molecule has 1 aromatic heterocycles. The summed E-state index contributed by atoms with van der Waals surface area (Å²) in [5, 5.41) is 0.572. The Morgan fingerprint density at radius 3 is 2.46 bits per heavy atom. The molecule has 1 atom stereocenters. The van der Waals surface area contributed by atoms with Gasteiger partial charge in [0.15, 0.2) is 5.90 Å². The fourth-order valence-corrected chi connectivity index (χ4v) is 5.21. The maximum atomic E-state index is 13.3. The van der Waals surface area contributed by atoms with Gasteiger partial charge in [-0.1, -0.05) is 29.8 Å². The molecular weight excluding hydrogens is 589 g/mol. The van der Waals surface area contributed by atoms with Crippen molar-refractivity contribution in [1.82, 2.24) is 13.9 Å². The van der Waals surface area contributed by atoms with E-state index < -0.39 is 45.2 Å². The molecule has 0 saturated heterocycles. The quantitative estimate of drug-likeness (QED) is 0.411. The van der Waals surface area contributed by atoms with E-state index in [1.807, 2.05) is 12.1 Å². The number of aryl methyl sites for hydroxylation is 1. The van der Waals surface area contributed by atoms with Crippen LogP contribution in [0.3, 0.4) is 0 Å². The van der Waals surface area contributed by atoms with E-state index >= 15 is 0 Å². The van der Waals surface area contributed by atoms with E-state index in [4.69, 9.17) is 16.3 Å². The molecule has 2 heterocycles. The number of nitrogens with one attached hydrogen (secondary N) is 1. The highest BCUT2D eigenvalue weighted by atomic mass is 35.5. The summed E-state index contributed by atoms with van der Waals surface area (Å²) in [7, 11) is -1.44. The molecule has 3 aromatic rings. The normalized spacial score (nSPS) is 15.6. The molecule has 1 unspecified atom stereocenters. The molecule has 0 aliphatic carbocycles. The summed E-state index contributed by atoms with van der Waals surface area (Å²) in [6.07, 6.45) is -3.41. The Morgan fingerprint density at radius 2 is 1.80 bits per heavy atom. The zero-order chi connectivity index (χ0) is 29.9. The molecule has 1 aliphatic rings. The third-order valence-electron chi connectivity index (χ3n) is 6.48. The number of aromatic nitrogens is 2. The third-order valence-corrected chi connectivity index (χ3v) is 7.96. The van der Waals surface area contributed by atoms with Crippen LogP contribution in [0.25, 0.3) is 0 Å². The molecule has 0 bridgehead atoms. The van der Waals surface area contributed by atoms with Gasteiger partial charge in [-0.3, -0.25) is 9.36 Å². The van der Waals surface area contributed by atoms with Crippen molar-refractivity contribution >= 4 is 33.3 Å². The first-order valence-corrected chi connectivity index (χ1v) is 14.4. The van der Waals surface area contributed by atoms with Crippen molar-refractivity contribution in [3.8, 4) is 11.5 Å². The molecule has 10 nitrogen and oxygen atoms in total. The van der Waals surface area contributed by atoms with Gasteiger partial charge in [-0.05, 0) is 62.6 Å². The van der Waals surface area contributed by atoms with Gasteiger partial charge >= 0.3 is 12.1 Å². The van der Waals surface area contributed by atoms with Gasteiger partial charge in [-0.15, -0.1) is 13.2 Å². The molecule has 1 N–H and O–H groups in total. The zero-order valence-corrected chi connectivity index (χ0v) is 23.5. The Hall–Kier alpha value is -3.62. The van der Waals surface area contributed by atoms with Crippen LogP contribution in [0.15, 0.2) is 63.1 Å². The van der Waals surface area contributed by atoms with Crippen molar-refractivity contribution in [3.05, 3.63) is 85.5 Å². The number of rotatable bonds is 8. The summed E-state index contributed by atoms with van der Waals surface area (Å²) < 4.78 is 76.3. The van der Waals surface area contributed by atoms with Crippen molar-refractivity contribution in [2.45, 2.75) is 37.9 Å². The van der Waals surface area contributed by atoms with Gasteiger partial charge in [0.05, 0.1) is 5.56 Å². The summed E-state index contributed by atoms with van der Waals surface area (Å²) in [6, 6.07) is 12.1. The lowest BCUT2D eigenvalue weighted by Crippen LogP contribution is -2.43. The fraction of sp³-hybridized carbons (Fsp3) is 0.346. The summed E-state index contributed by atoms with van der Waals surface area (Å²) in [5.74, 6) is -1.73. The van der Waals surface area contributed by atoms with Gasteiger partial charge in [0.1, 0.15) is 23.2 Å². The molecular formula is C26H26ClF3N4O6S. The van der Waals surface area contributed by atoms with E-state index in [2.05, 4.69) is 14.5 Å². The average molecular weight is 615 g/mol. The standard InChI is InChI=1S/C26H26ClF3N4O6S/c1-31-41(37,38)15-34-24(35)21-13-10-17(9-6-16-7-11-18(27)12-8-16)23(32-22(21)33(2)25(34)36)39-19-4-3-5-20(14-19)40-26(28,29)30/h3-5,7-8,11-12,14,17,31H,6,9-10,13,15H2,1-2H3. The van der Waals surface area contributed by atoms with Crippen LogP contribution < -0.4 is 25.4 Å². The highest BCUT2D eigenvalue weighted by Gasteiger charge is 2.32. The molecule has 0 amide bonds. The number of ether oxygens (including phenoxy) is 2. The first kappa shape index (κ1) is 30.3. The molecule has 0 radical (unpaired) electrons. The molecule has 0 spiro atoms. The van der Waals surface area contributed by atoms with Gasteiger partial charge in [0.2, 0.25) is 10.0 Å². The van der Waals surface area contributed by atoms with Gasteiger partial charge in [-0.25, -0.2) is 22.5 Å². The monoisotopic (exact) mass is 614 g/mol. The molecule has 41 heavy (non-hydrogen) atoms.